The fraction of sp³-hybridized carbons (Fsp3) is 0.586. The smallest absolute Gasteiger partial charge is 0.224 e. The summed E-state index contributed by atoms with van der Waals surface area (Å²) in [5, 5.41) is 2.93. The summed E-state index contributed by atoms with van der Waals surface area (Å²) in [5.41, 5.74) is 14.4. The molecule has 1 amide bonds. The summed E-state index contributed by atoms with van der Waals surface area (Å²) in [5.74, 6) is 0.118. The number of ether oxygens (including phenoxy) is 3. The van der Waals surface area contributed by atoms with Gasteiger partial charge in [-0.25, -0.2) is 15.0 Å². The van der Waals surface area contributed by atoms with Gasteiger partial charge in [0, 0.05) is 25.0 Å². The maximum Gasteiger partial charge on any atom is 0.224 e. The van der Waals surface area contributed by atoms with Gasteiger partial charge in [0.25, 0.3) is 0 Å². The molecule has 0 bridgehead atoms. The number of anilines is 3. The van der Waals surface area contributed by atoms with Gasteiger partial charge < -0.3 is 31.0 Å². The van der Waals surface area contributed by atoms with Gasteiger partial charge in [0.05, 0.1) is 17.7 Å². The van der Waals surface area contributed by atoms with Crippen molar-refractivity contribution in [3.63, 3.8) is 0 Å². The molecule has 4 heterocycles. The van der Waals surface area contributed by atoms with Crippen LogP contribution < -0.4 is 16.8 Å². The van der Waals surface area contributed by atoms with E-state index in [9.17, 15) is 4.79 Å². The third-order valence-corrected chi connectivity index (χ3v) is 8.53. The van der Waals surface area contributed by atoms with Crippen molar-refractivity contribution >= 4 is 34.3 Å². The van der Waals surface area contributed by atoms with Crippen molar-refractivity contribution in [2.75, 3.05) is 23.3 Å². The zero-order valence-electron chi connectivity index (χ0n) is 24.1. The fourth-order valence-corrected chi connectivity index (χ4v) is 6.44. The van der Waals surface area contributed by atoms with Gasteiger partial charge >= 0.3 is 0 Å². The predicted molar refractivity (Wildman–Crippen MR) is 155 cm³/mol. The summed E-state index contributed by atoms with van der Waals surface area (Å²) in [6.45, 7) is 9.01. The molecule has 2 aromatic heterocycles. The molecule has 0 radical (unpaired) electrons. The predicted octanol–water partition coefficient (Wildman–Crippen LogP) is 3.32. The van der Waals surface area contributed by atoms with Crippen molar-refractivity contribution in [2.45, 2.75) is 95.8 Å². The van der Waals surface area contributed by atoms with Crippen molar-refractivity contribution in [2.24, 2.45) is 5.92 Å². The molecule has 2 aliphatic heterocycles. The van der Waals surface area contributed by atoms with Crippen LogP contribution in [0.2, 0.25) is 0 Å². The van der Waals surface area contributed by atoms with Gasteiger partial charge in [-0.2, -0.15) is 0 Å². The van der Waals surface area contributed by atoms with Gasteiger partial charge in [-0.1, -0.05) is 12.1 Å². The Kier molecular flexibility index (Phi) is 7.35. The summed E-state index contributed by atoms with van der Waals surface area (Å²) in [6, 6.07) is 8.08. The van der Waals surface area contributed by atoms with Crippen molar-refractivity contribution in [1.82, 2.24) is 24.4 Å². The first-order valence-electron chi connectivity index (χ1n) is 14.4. The van der Waals surface area contributed by atoms with E-state index in [1.165, 1.54) is 6.33 Å². The zero-order valence-corrected chi connectivity index (χ0v) is 24.1. The van der Waals surface area contributed by atoms with Crippen molar-refractivity contribution in [1.29, 1.82) is 0 Å². The lowest BCUT2D eigenvalue weighted by molar-refractivity contribution is -0.199. The first kappa shape index (κ1) is 27.8. The number of nitrogens with two attached hydrogens (primary N) is 2. The van der Waals surface area contributed by atoms with E-state index in [4.69, 9.17) is 25.7 Å². The van der Waals surface area contributed by atoms with Crippen LogP contribution in [0.1, 0.15) is 59.6 Å². The van der Waals surface area contributed by atoms with Gasteiger partial charge in [0.15, 0.2) is 23.5 Å². The Labute approximate surface area is 239 Å². The Morgan fingerprint density at radius 2 is 1.90 bits per heavy atom. The first-order chi connectivity index (χ1) is 19.6. The molecule has 3 fully saturated rings. The van der Waals surface area contributed by atoms with Gasteiger partial charge in [-0.15, -0.1) is 0 Å². The number of carbonyl (C=O) groups excluding carboxylic acids is 1. The van der Waals surface area contributed by atoms with Crippen LogP contribution in [-0.2, 0) is 19.0 Å². The highest BCUT2D eigenvalue weighted by Crippen LogP contribution is 2.45. The molecule has 4 atom stereocenters. The molecule has 220 valence electrons. The number of hydrogen-bond donors (Lipinski definition) is 3. The van der Waals surface area contributed by atoms with E-state index in [1.807, 2.05) is 36.6 Å². The second-order valence-corrected chi connectivity index (χ2v) is 12.2. The Morgan fingerprint density at radius 3 is 2.66 bits per heavy atom. The zero-order chi connectivity index (χ0) is 28.9. The number of hydrogen-bond acceptors (Lipinski definition) is 10. The third-order valence-electron chi connectivity index (χ3n) is 8.53. The number of carbonyl (C=O) groups is 1. The van der Waals surface area contributed by atoms with Crippen LogP contribution in [0, 0.1) is 5.92 Å². The van der Waals surface area contributed by atoms with E-state index in [-0.39, 0.29) is 24.2 Å². The molecule has 12 heteroatoms. The van der Waals surface area contributed by atoms with Gasteiger partial charge in [-0.05, 0) is 65.0 Å². The van der Waals surface area contributed by atoms with Crippen LogP contribution in [0.25, 0.3) is 11.2 Å². The minimum atomic E-state index is -0.727. The SMILES string of the molecule is CC(C)N(C[C@H]1O[C@@H](n2cnc3c(N)ncnc32)[C@@H]2OC(C)(C)O[C@@H]21)C1CC(CCC(=O)Nc2ccccc2N)C1. The molecular weight excluding hydrogens is 524 g/mol. The van der Waals surface area contributed by atoms with Crippen LogP contribution in [-0.4, -0.2) is 73.1 Å². The number of aromatic nitrogens is 4. The minimum absolute atomic E-state index is 0.00329. The highest BCUT2D eigenvalue weighted by atomic mass is 16.8. The summed E-state index contributed by atoms with van der Waals surface area (Å²) in [4.78, 5) is 27.9. The summed E-state index contributed by atoms with van der Waals surface area (Å²) in [7, 11) is 0. The lowest BCUT2D eigenvalue weighted by Crippen LogP contribution is -2.52. The van der Waals surface area contributed by atoms with Crippen molar-refractivity contribution in [3.8, 4) is 0 Å². The Morgan fingerprint density at radius 1 is 1.15 bits per heavy atom. The Hall–Kier alpha value is -3.32. The van der Waals surface area contributed by atoms with E-state index in [0.29, 0.717) is 59.3 Å². The van der Waals surface area contributed by atoms with Crippen molar-refractivity contribution in [3.05, 3.63) is 36.9 Å². The average Bonchev–Trinajstić information content (AvgIpc) is 3.55. The number of para-hydroxylation sites is 2. The molecule has 3 aromatic rings. The minimum Gasteiger partial charge on any atom is -0.397 e. The van der Waals surface area contributed by atoms with E-state index < -0.39 is 12.0 Å². The highest BCUT2D eigenvalue weighted by molar-refractivity contribution is 5.93. The quantitative estimate of drug-likeness (QED) is 0.330. The number of nitrogens with zero attached hydrogens (tertiary/aromatic N) is 5. The largest absolute Gasteiger partial charge is 0.397 e. The highest BCUT2D eigenvalue weighted by Gasteiger charge is 2.56. The van der Waals surface area contributed by atoms with Crippen LogP contribution in [0.3, 0.4) is 0 Å². The van der Waals surface area contributed by atoms with Gasteiger partial charge in [-0.3, -0.25) is 14.3 Å². The van der Waals surface area contributed by atoms with Crippen LogP contribution in [0.4, 0.5) is 17.2 Å². The van der Waals surface area contributed by atoms with Gasteiger partial charge in [0.1, 0.15) is 30.2 Å². The maximum absolute atomic E-state index is 12.5. The fourth-order valence-electron chi connectivity index (χ4n) is 6.44. The van der Waals surface area contributed by atoms with Crippen LogP contribution in [0.5, 0.6) is 0 Å². The van der Waals surface area contributed by atoms with Crippen LogP contribution >= 0.6 is 0 Å². The number of fused-ring (bicyclic) bond motifs is 2. The molecule has 2 saturated heterocycles. The summed E-state index contributed by atoms with van der Waals surface area (Å²) < 4.78 is 21.3. The first-order valence-corrected chi connectivity index (χ1v) is 14.4. The summed E-state index contributed by atoms with van der Waals surface area (Å²) in [6.07, 6.45) is 5.36. The monoisotopic (exact) mass is 564 g/mol. The van der Waals surface area contributed by atoms with Crippen LogP contribution in [0.15, 0.2) is 36.9 Å². The molecular formula is C29H40N8O4. The normalized spacial score (nSPS) is 28.7. The number of amides is 1. The van der Waals surface area contributed by atoms with Crippen molar-refractivity contribution < 1.29 is 19.0 Å². The molecule has 0 spiro atoms. The molecule has 12 nitrogen and oxygen atoms in total. The molecule has 1 saturated carbocycles. The summed E-state index contributed by atoms with van der Waals surface area (Å²) >= 11 is 0. The average molecular weight is 565 g/mol. The number of benzene rings is 1. The standard InChI is InChI=1S/C29H40N8O4/c1-16(2)36(18-11-17(12-18)9-10-22(38)35-20-8-6-5-7-19(20)30)13-21-24-25(41-29(3,4)40-24)28(39-21)37-15-34-23-26(31)32-14-33-27(23)37/h5-8,14-18,21,24-25,28H,9-13,30H2,1-4H3,(H,35,38)(H2,31,32,33)/t17?,18?,21-,24-,25-,28-/m1/s1. The van der Waals surface area contributed by atoms with E-state index in [0.717, 1.165) is 19.3 Å². The van der Waals surface area contributed by atoms with E-state index in [2.05, 4.69) is 39.0 Å². The van der Waals surface area contributed by atoms with Gasteiger partial charge in [0.2, 0.25) is 5.91 Å². The topological polar surface area (TPSA) is 156 Å². The lowest BCUT2D eigenvalue weighted by atomic mass is 9.76. The Bertz CT molecular complexity index is 1400. The number of nitrogen functional groups attached to an aromatic ring is 2. The van der Waals surface area contributed by atoms with E-state index in [1.54, 1.807) is 12.4 Å². The lowest BCUT2D eigenvalue weighted by Gasteiger charge is -2.46. The van der Waals surface area contributed by atoms with E-state index >= 15 is 0 Å². The second-order valence-electron chi connectivity index (χ2n) is 12.2. The molecule has 0 unspecified atom stereocenters. The molecule has 41 heavy (non-hydrogen) atoms. The number of nitrogens with one attached hydrogen (secondary N) is 1. The molecule has 1 aliphatic carbocycles. The number of imidazole rings is 1. The number of rotatable bonds is 9. The molecule has 5 N–H and O–H groups in total. The third kappa shape index (κ3) is 5.49. The molecule has 6 rings (SSSR count). The Balaban J connectivity index is 1.09. The molecule has 3 aliphatic rings. The molecule has 1 aromatic carbocycles. The second kappa shape index (κ2) is 10.8. The maximum atomic E-state index is 12.5.